The quantitative estimate of drug-likeness (QED) is 0.335. The van der Waals surface area contributed by atoms with Gasteiger partial charge in [0.05, 0.1) is 30.0 Å². The molecule has 156 valence electrons. The van der Waals surface area contributed by atoms with Crippen LogP contribution in [0.5, 0.6) is 5.75 Å². The average molecular weight is 439 g/mol. The van der Waals surface area contributed by atoms with Crippen molar-refractivity contribution in [3.05, 3.63) is 50.4 Å². The minimum Gasteiger partial charge on any atom is -0.490 e. The van der Waals surface area contributed by atoms with Crippen LogP contribution in [0.15, 0.2) is 24.3 Å². The number of carbonyl (C=O) groups is 2. The zero-order chi connectivity index (χ0) is 21.4. The van der Waals surface area contributed by atoms with E-state index in [0.717, 1.165) is 11.3 Å². The smallest absolute Gasteiger partial charge is 0.341 e. The lowest BCUT2D eigenvalue weighted by Crippen LogP contribution is -2.16. The van der Waals surface area contributed by atoms with Crippen LogP contribution in [0, 0.1) is 10.1 Å². The molecule has 29 heavy (non-hydrogen) atoms. The molecule has 1 aromatic heterocycles. The molecule has 0 radical (unpaired) electrons. The summed E-state index contributed by atoms with van der Waals surface area (Å²) in [4.78, 5) is 35.9. The number of esters is 1. The van der Waals surface area contributed by atoms with Crippen molar-refractivity contribution in [2.45, 2.75) is 26.0 Å². The summed E-state index contributed by atoms with van der Waals surface area (Å²) in [6.07, 6.45) is 0.748. The predicted octanol–water partition coefficient (Wildman–Crippen LogP) is 4.28. The van der Waals surface area contributed by atoms with Crippen molar-refractivity contribution < 1.29 is 24.0 Å². The van der Waals surface area contributed by atoms with Crippen molar-refractivity contribution in [2.75, 3.05) is 24.8 Å². The number of nitro benzene ring substituents is 1. The first kappa shape index (κ1) is 22.7. The maximum Gasteiger partial charge on any atom is 0.341 e. The summed E-state index contributed by atoms with van der Waals surface area (Å²) in [5.74, 6) is 0.0390. The SMILES string of the molecule is CCOC(=O)c1cc(CC)sc1NC(=O)CSCc1ccc(OC)c([N+](=O)[O-])c1. The molecule has 2 aromatic rings. The number of nitrogens with one attached hydrogen (secondary N) is 1. The maximum atomic E-state index is 12.3. The van der Waals surface area contributed by atoms with E-state index in [4.69, 9.17) is 9.47 Å². The minimum absolute atomic E-state index is 0.111. The number of carbonyl (C=O) groups excluding carboxylic acids is 2. The fourth-order valence-electron chi connectivity index (χ4n) is 2.46. The standard InChI is InChI=1S/C19H22N2O6S2/c1-4-13-9-14(19(23)27-5-2)18(29-13)20-17(22)11-28-10-12-6-7-16(26-3)15(8-12)21(24)25/h6-9H,4-5,10-11H2,1-3H3,(H,20,22). The van der Waals surface area contributed by atoms with Crippen molar-refractivity contribution in [1.82, 2.24) is 0 Å². The van der Waals surface area contributed by atoms with E-state index in [0.29, 0.717) is 21.9 Å². The maximum absolute atomic E-state index is 12.3. The summed E-state index contributed by atoms with van der Waals surface area (Å²) in [5.41, 5.74) is 0.963. The Bertz CT molecular complexity index is 897. The van der Waals surface area contributed by atoms with Crippen molar-refractivity contribution in [3.8, 4) is 5.75 Å². The first-order valence-corrected chi connectivity index (χ1v) is 10.8. The number of hydrogen-bond donors (Lipinski definition) is 1. The van der Waals surface area contributed by atoms with Gasteiger partial charge in [0, 0.05) is 16.7 Å². The number of anilines is 1. The Morgan fingerprint density at radius 1 is 1.28 bits per heavy atom. The van der Waals surface area contributed by atoms with Crippen molar-refractivity contribution in [1.29, 1.82) is 0 Å². The fourth-order valence-corrected chi connectivity index (χ4v) is 4.24. The number of thiophene rings is 1. The molecule has 0 atom stereocenters. The summed E-state index contributed by atoms with van der Waals surface area (Å²) in [6, 6.07) is 6.44. The molecule has 1 aromatic carbocycles. The highest BCUT2D eigenvalue weighted by atomic mass is 32.2. The number of benzene rings is 1. The van der Waals surface area contributed by atoms with E-state index in [-0.39, 0.29) is 29.7 Å². The van der Waals surface area contributed by atoms with Crippen LogP contribution in [-0.2, 0) is 21.7 Å². The van der Waals surface area contributed by atoms with Gasteiger partial charge in [-0.15, -0.1) is 23.1 Å². The Morgan fingerprint density at radius 2 is 2.03 bits per heavy atom. The molecule has 2 rings (SSSR count). The molecule has 0 fully saturated rings. The number of nitrogens with zero attached hydrogens (tertiary/aromatic N) is 1. The normalized spacial score (nSPS) is 10.4. The third-order valence-electron chi connectivity index (χ3n) is 3.82. The number of aryl methyl sites for hydroxylation is 1. The molecule has 0 aliphatic heterocycles. The Labute approximate surface area is 176 Å². The fraction of sp³-hybridized carbons (Fsp3) is 0.368. The van der Waals surface area contributed by atoms with E-state index < -0.39 is 10.9 Å². The lowest BCUT2D eigenvalue weighted by Gasteiger charge is -2.07. The van der Waals surface area contributed by atoms with Crippen LogP contribution in [0.4, 0.5) is 10.7 Å². The van der Waals surface area contributed by atoms with Crippen molar-refractivity contribution in [3.63, 3.8) is 0 Å². The van der Waals surface area contributed by atoms with Crippen LogP contribution in [0.2, 0.25) is 0 Å². The molecule has 0 saturated carbocycles. The van der Waals surface area contributed by atoms with Crippen LogP contribution in [0.1, 0.15) is 34.6 Å². The number of hydrogen-bond acceptors (Lipinski definition) is 8. The first-order valence-electron chi connectivity index (χ1n) is 8.88. The highest BCUT2D eigenvalue weighted by Gasteiger charge is 2.19. The second kappa shape index (κ2) is 10.8. The molecule has 0 aliphatic carbocycles. The summed E-state index contributed by atoms with van der Waals surface area (Å²) in [6.45, 7) is 3.95. The molecular formula is C19H22N2O6S2. The molecule has 1 amide bonds. The van der Waals surface area contributed by atoms with Gasteiger partial charge in [-0.3, -0.25) is 14.9 Å². The van der Waals surface area contributed by atoms with Crippen LogP contribution >= 0.6 is 23.1 Å². The first-order chi connectivity index (χ1) is 13.9. The number of rotatable bonds is 10. The molecule has 0 unspecified atom stereocenters. The highest BCUT2D eigenvalue weighted by Crippen LogP contribution is 2.31. The lowest BCUT2D eigenvalue weighted by molar-refractivity contribution is -0.385. The molecule has 8 nitrogen and oxygen atoms in total. The van der Waals surface area contributed by atoms with Gasteiger partial charge in [0.2, 0.25) is 5.91 Å². The molecule has 1 heterocycles. The third-order valence-corrected chi connectivity index (χ3v) is 6.02. The number of nitro groups is 1. The Hall–Kier alpha value is -2.59. The van der Waals surface area contributed by atoms with Crippen molar-refractivity contribution in [2.24, 2.45) is 0 Å². The topological polar surface area (TPSA) is 108 Å². The van der Waals surface area contributed by atoms with E-state index in [2.05, 4.69) is 5.32 Å². The van der Waals surface area contributed by atoms with E-state index in [1.165, 1.54) is 42.3 Å². The van der Waals surface area contributed by atoms with Gasteiger partial charge in [0.25, 0.3) is 0 Å². The molecule has 0 spiro atoms. The van der Waals surface area contributed by atoms with Gasteiger partial charge in [-0.25, -0.2) is 4.79 Å². The zero-order valence-corrected chi connectivity index (χ0v) is 18.0. The van der Waals surface area contributed by atoms with E-state index in [9.17, 15) is 19.7 Å². The van der Waals surface area contributed by atoms with Gasteiger partial charge in [0.15, 0.2) is 5.75 Å². The highest BCUT2D eigenvalue weighted by molar-refractivity contribution is 7.99. The van der Waals surface area contributed by atoms with Gasteiger partial charge in [-0.2, -0.15) is 0 Å². The van der Waals surface area contributed by atoms with Crippen LogP contribution < -0.4 is 10.1 Å². The van der Waals surface area contributed by atoms with E-state index in [1.807, 2.05) is 6.92 Å². The van der Waals surface area contributed by atoms with Crippen LogP contribution in [0.25, 0.3) is 0 Å². The Morgan fingerprint density at radius 3 is 2.66 bits per heavy atom. The van der Waals surface area contributed by atoms with Gasteiger partial charge in [0.1, 0.15) is 5.00 Å². The Balaban J connectivity index is 1.97. The second-order valence-electron chi connectivity index (χ2n) is 5.83. The summed E-state index contributed by atoms with van der Waals surface area (Å²) < 4.78 is 10.0. The van der Waals surface area contributed by atoms with Crippen LogP contribution in [0.3, 0.4) is 0 Å². The molecule has 0 aliphatic rings. The molecule has 1 N–H and O–H groups in total. The third kappa shape index (κ3) is 6.20. The average Bonchev–Trinajstić information content (AvgIpc) is 3.11. The minimum atomic E-state index is -0.501. The zero-order valence-electron chi connectivity index (χ0n) is 16.4. The predicted molar refractivity (Wildman–Crippen MR) is 114 cm³/mol. The van der Waals surface area contributed by atoms with Gasteiger partial charge >= 0.3 is 11.7 Å². The van der Waals surface area contributed by atoms with Gasteiger partial charge < -0.3 is 14.8 Å². The summed E-state index contributed by atoms with van der Waals surface area (Å²) in [5, 5.41) is 14.3. The van der Waals surface area contributed by atoms with Crippen LogP contribution in [-0.4, -0.2) is 36.3 Å². The van der Waals surface area contributed by atoms with Gasteiger partial charge in [-0.1, -0.05) is 13.0 Å². The summed E-state index contributed by atoms with van der Waals surface area (Å²) in [7, 11) is 1.38. The summed E-state index contributed by atoms with van der Waals surface area (Å²) >= 11 is 2.67. The number of ether oxygens (including phenoxy) is 2. The molecular weight excluding hydrogens is 416 g/mol. The van der Waals surface area contributed by atoms with Gasteiger partial charge in [-0.05, 0) is 31.0 Å². The second-order valence-corrected chi connectivity index (χ2v) is 7.96. The number of amides is 1. The Kier molecular flexibility index (Phi) is 8.47. The number of thioether (sulfide) groups is 1. The largest absolute Gasteiger partial charge is 0.490 e. The lowest BCUT2D eigenvalue weighted by atomic mass is 10.2. The number of methoxy groups -OCH3 is 1. The monoisotopic (exact) mass is 438 g/mol. The van der Waals surface area contributed by atoms with Crippen molar-refractivity contribution >= 4 is 45.7 Å². The molecule has 0 bridgehead atoms. The van der Waals surface area contributed by atoms with E-state index >= 15 is 0 Å². The van der Waals surface area contributed by atoms with E-state index in [1.54, 1.807) is 19.1 Å². The molecule has 10 heteroatoms. The molecule has 0 saturated heterocycles.